The van der Waals surface area contributed by atoms with E-state index >= 15 is 0 Å². The molecule has 0 amide bonds. The van der Waals surface area contributed by atoms with Crippen molar-refractivity contribution in [2.75, 3.05) is 46.1 Å². The summed E-state index contributed by atoms with van der Waals surface area (Å²) in [6.07, 6.45) is 2.44. The monoisotopic (exact) mass is 392 g/mol. The fourth-order valence-corrected chi connectivity index (χ4v) is 4.56. The Balaban J connectivity index is 1.24. The number of rotatable bonds is 7. The summed E-state index contributed by atoms with van der Waals surface area (Å²) < 4.78 is 22.3. The number of nitrogens with zero attached hydrogens (tertiary/aromatic N) is 2. The van der Waals surface area contributed by atoms with Gasteiger partial charge in [0.25, 0.3) is 0 Å². The molecule has 1 aromatic carbocycles. The highest BCUT2D eigenvalue weighted by Crippen LogP contribution is 2.35. The van der Waals surface area contributed by atoms with E-state index in [4.69, 9.17) is 18.9 Å². The Morgan fingerprint density at radius 2 is 1.96 bits per heavy atom. The van der Waals surface area contributed by atoms with Crippen LogP contribution in [0.4, 0.5) is 0 Å². The number of hydrogen-bond acceptors (Lipinski definition) is 7. The van der Waals surface area contributed by atoms with Crippen LogP contribution in [0.15, 0.2) is 18.2 Å². The summed E-state index contributed by atoms with van der Waals surface area (Å²) in [5, 5.41) is 10.5. The molecule has 3 aliphatic heterocycles. The number of morpholine rings is 1. The number of ether oxygens (including phenoxy) is 4. The summed E-state index contributed by atoms with van der Waals surface area (Å²) in [5.41, 5.74) is 0. The maximum atomic E-state index is 10.5. The lowest BCUT2D eigenvalue weighted by atomic mass is 10.1. The van der Waals surface area contributed by atoms with Gasteiger partial charge in [-0.25, -0.2) is 0 Å². The van der Waals surface area contributed by atoms with Gasteiger partial charge in [-0.15, -0.1) is 0 Å². The lowest BCUT2D eigenvalue weighted by molar-refractivity contribution is -0.0731. The Morgan fingerprint density at radius 3 is 2.79 bits per heavy atom. The molecule has 1 N–H and O–H groups in total. The average molecular weight is 392 g/mol. The second-order valence-corrected chi connectivity index (χ2v) is 8.25. The number of aliphatic hydroxyl groups excluding tert-OH is 1. The molecule has 0 bridgehead atoms. The number of benzene rings is 1. The van der Waals surface area contributed by atoms with E-state index in [9.17, 15) is 5.11 Å². The number of β-amino-alcohol motifs (C(OH)–C–C–N with tert-alkyl or cyclic N) is 1. The Kier molecular flexibility index (Phi) is 6.25. The number of hydrogen-bond donors (Lipinski definition) is 1. The molecule has 0 aliphatic carbocycles. The molecule has 3 aliphatic rings. The van der Waals surface area contributed by atoms with E-state index in [0.717, 1.165) is 31.9 Å². The van der Waals surface area contributed by atoms with E-state index in [1.807, 2.05) is 18.2 Å². The van der Waals surface area contributed by atoms with E-state index in [-0.39, 0.29) is 13.4 Å². The Morgan fingerprint density at radius 1 is 1.18 bits per heavy atom. The minimum atomic E-state index is -0.520. The van der Waals surface area contributed by atoms with Crippen LogP contribution < -0.4 is 14.2 Å². The van der Waals surface area contributed by atoms with Gasteiger partial charge in [-0.2, -0.15) is 0 Å². The fourth-order valence-electron chi connectivity index (χ4n) is 4.56. The Bertz CT molecular complexity index is 648. The van der Waals surface area contributed by atoms with Gasteiger partial charge in [-0.3, -0.25) is 9.80 Å². The predicted octanol–water partition coefficient (Wildman–Crippen LogP) is 1.73. The van der Waals surface area contributed by atoms with Crippen molar-refractivity contribution in [3.63, 3.8) is 0 Å². The summed E-state index contributed by atoms with van der Waals surface area (Å²) >= 11 is 0. The molecular formula is C21H32N2O5. The highest BCUT2D eigenvalue weighted by Gasteiger charge is 2.31. The number of aliphatic hydroxyl groups is 1. The summed E-state index contributed by atoms with van der Waals surface area (Å²) in [6.45, 7) is 9.53. The van der Waals surface area contributed by atoms with Gasteiger partial charge in [0.15, 0.2) is 11.5 Å². The molecular weight excluding hydrogens is 360 g/mol. The Hall–Kier alpha value is -1.54. The first-order valence-electron chi connectivity index (χ1n) is 10.4. The zero-order valence-corrected chi connectivity index (χ0v) is 16.9. The van der Waals surface area contributed by atoms with Crippen molar-refractivity contribution in [2.24, 2.45) is 0 Å². The van der Waals surface area contributed by atoms with E-state index in [1.54, 1.807) is 0 Å². The predicted molar refractivity (Wildman–Crippen MR) is 105 cm³/mol. The van der Waals surface area contributed by atoms with Gasteiger partial charge in [0.2, 0.25) is 6.79 Å². The van der Waals surface area contributed by atoms with Crippen LogP contribution in [0, 0.1) is 0 Å². The first kappa shape index (κ1) is 19.8. The van der Waals surface area contributed by atoms with Crippen molar-refractivity contribution in [2.45, 2.75) is 51.0 Å². The molecule has 2 fully saturated rings. The van der Waals surface area contributed by atoms with Crippen molar-refractivity contribution in [3.8, 4) is 17.2 Å². The van der Waals surface area contributed by atoms with Crippen molar-refractivity contribution >= 4 is 0 Å². The number of likely N-dealkylation sites (tertiary alicyclic amines) is 1. The van der Waals surface area contributed by atoms with E-state index in [0.29, 0.717) is 36.3 Å². The van der Waals surface area contributed by atoms with Crippen LogP contribution in [0.1, 0.15) is 26.7 Å². The van der Waals surface area contributed by atoms with E-state index in [1.165, 1.54) is 12.8 Å². The lowest BCUT2D eigenvalue weighted by Crippen LogP contribution is -2.51. The third-order valence-corrected chi connectivity index (χ3v) is 5.69. The van der Waals surface area contributed by atoms with Crippen molar-refractivity contribution in [1.82, 2.24) is 9.80 Å². The second kappa shape index (κ2) is 8.86. The van der Waals surface area contributed by atoms with Gasteiger partial charge in [-0.1, -0.05) is 0 Å². The largest absolute Gasteiger partial charge is 0.491 e. The molecule has 7 heteroatoms. The highest BCUT2D eigenvalue weighted by molar-refractivity contribution is 5.46. The third kappa shape index (κ3) is 4.89. The molecule has 4 atom stereocenters. The molecule has 4 rings (SSSR count). The summed E-state index contributed by atoms with van der Waals surface area (Å²) in [6, 6.07) is 6.00. The van der Waals surface area contributed by atoms with Gasteiger partial charge in [-0.05, 0) is 45.4 Å². The van der Waals surface area contributed by atoms with Crippen LogP contribution in [0.25, 0.3) is 0 Å². The lowest BCUT2D eigenvalue weighted by Gasteiger charge is -2.38. The van der Waals surface area contributed by atoms with Crippen LogP contribution in [0.2, 0.25) is 0 Å². The molecule has 156 valence electrons. The van der Waals surface area contributed by atoms with E-state index in [2.05, 4.69) is 23.6 Å². The normalized spacial score (nSPS) is 29.2. The SMILES string of the molecule is CC1CN(CC2CCCN2CC(O)COc2ccc3c(c2)OCO3)CC(C)O1. The fraction of sp³-hybridized carbons (Fsp3) is 0.714. The van der Waals surface area contributed by atoms with Gasteiger partial charge >= 0.3 is 0 Å². The zero-order valence-electron chi connectivity index (χ0n) is 16.9. The first-order chi connectivity index (χ1) is 13.6. The van der Waals surface area contributed by atoms with Crippen LogP contribution in [-0.2, 0) is 4.74 Å². The maximum absolute atomic E-state index is 10.5. The first-order valence-corrected chi connectivity index (χ1v) is 10.4. The second-order valence-electron chi connectivity index (χ2n) is 8.25. The molecule has 2 saturated heterocycles. The van der Waals surface area contributed by atoms with Crippen molar-refractivity contribution < 1.29 is 24.1 Å². The minimum absolute atomic E-state index is 0.248. The van der Waals surface area contributed by atoms with Crippen LogP contribution >= 0.6 is 0 Å². The maximum Gasteiger partial charge on any atom is 0.231 e. The molecule has 0 spiro atoms. The highest BCUT2D eigenvalue weighted by atomic mass is 16.7. The Labute approximate surface area is 167 Å². The standard InChI is InChI=1S/C21H32N2O5/c1-15-9-22(10-16(2)28-15)11-17-4-3-7-23(17)12-18(24)13-25-19-5-6-20-21(8-19)27-14-26-20/h5-6,8,15-18,24H,3-4,7,9-14H2,1-2H3. The molecule has 4 unspecified atom stereocenters. The molecule has 3 heterocycles. The molecule has 28 heavy (non-hydrogen) atoms. The van der Waals surface area contributed by atoms with E-state index < -0.39 is 6.10 Å². The van der Waals surface area contributed by atoms with Gasteiger partial charge in [0, 0.05) is 38.3 Å². The zero-order chi connectivity index (χ0) is 19.5. The number of fused-ring (bicyclic) bond motifs is 1. The topological polar surface area (TPSA) is 63.6 Å². The van der Waals surface area contributed by atoms with Gasteiger partial charge in [0.1, 0.15) is 18.5 Å². The molecule has 0 aromatic heterocycles. The van der Waals surface area contributed by atoms with Gasteiger partial charge < -0.3 is 24.1 Å². The van der Waals surface area contributed by atoms with Crippen molar-refractivity contribution in [3.05, 3.63) is 18.2 Å². The van der Waals surface area contributed by atoms with Crippen LogP contribution in [0.5, 0.6) is 17.2 Å². The molecule has 1 aromatic rings. The summed E-state index contributed by atoms with van der Waals surface area (Å²) in [5.74, 6) is 2.12. The van der Waals surface area contributed by atoms with Crippen LogP contribution in [-0.4, -0.2) is 85.4 Å². The molecule has 0 saturated carbocycles. The van der Waals surface area contributed by atoms with Crippen LogP contribution in [0.3, 0.4) is 0 Å². The smallest absolute Gasteiger partial charge is 0.231 e. The molecule has 0 radical (unpaired) electrons. The average Bonchev–Trinajstić information content (AvgIpc) is 3.28. The van der Waals surface area contributed by atoms with Crippen molar-refractivity contribution in [1.29, 1.82) is 0 Å². The quantitative estimate of drug-likeness (QED) is 0.758. The molecule has 7 nitrogen and oxygen atoms in total. The van der Waals surface area contributed by atoms with Gasteiger partial charge in [0.05, 0.1) is 12.2 Å². The minimum Gasteiger partial charge on any atom is -0.491 e. The summed E-state index contributed by atoms with van der Waals surface area (Å²) in [4.78, 5) is 4.93. The summed E-state index contributed by atoms with van der Waals surface area (Å²) in [7, 11) is 0. The third-order valence-electron chi connectivity index (χ3n) is 5.69.